The number of nitrogens with one attached hydrogen (secondary N) is 2. The molecule has 0 radical (unpaired) electrons. The molecule has 5 atom stereocenters. The van der Waals surface area contributed by atoms with E-state index in [1.54, 1.807) is 12.3 Å². The Labute approximate surface area is 186 Å². The topological polar surface area (TPSA) is 123 Å². The molecule has 3 unspecified atom stereocenters. The number of hydrogen-bond acceptors (Lipinski definition) is 5. The van der Waals surface area contributed by atoms with Gasteiger partial charge in [-0.05, 0) is 48.1 Å². The summed E-state index contributed by atoms with van der Waals surface area (Å²) in [4.78, 5) is 29.9. The molecule has 1 aromatic heterocycles. The number of hydrogen-bond donors (Lipinski definition) is 4. The summed E-state index contributed by atoms with van der Waals surface area (Å²) in [6.07, 6.45) is 11.2. The van der Waals surface area contributed by atoms with Crippen molar-refractivity contribution in [3.05, 3.63) is 23.9 Å². The minimum atomic E-state index is -0.620. The average Bonchev–Trinajstić information content (AvgIpc) is 2.77. The second-order valence-corrected chi connectivity index (χ2v) is 9.78. The minimum absolute atomic E-state index is 0.0157. The van der Waals surface area contributed by atoms with Gasteiger partial charge in [-0.15, -0.1) is 0 Å². The third kappa shape index (κ3) is 6.42. The number of carbonyl (C=O) groups is 2. The highest BCUT2D eigenvalue weighted by Crippen LogP contribution is 2.45. The van der Waals surface area contributed by atoms with Crippen molar-refractivity contribution in [2.75, 3.05) is 5.73 Å². The molecule has 172 valence electrons. The highest BCUT2D eigenvalue weighted by Gasteiger charge is 2.37. The van der Waals surface area contributed by atoms with Gasteiger partial charge in [0.05, 0.1) is 6.04 Å². The fraction of sp³-hybridized carbons (Fsp3) is 0.708. The fourth-order valence-electron chi connectivity index (χ4n) is 5.32. The van der Waals surface area contributed by atoms with Crippen LogP contribution in [0.5, 0.6) is 0 Å². The maximum atomic E-state index is 13.1. The Morgan fingerprint density at radius 2 is 1.84 bits per heavy atom. The van der Waals surface area contributed by atoms with Crippen LogP contribution in [0.1, 0.15) is 70.8 Å². The van der Waals surface area contributed by atoms with Crippen LogP contribution < -0.4 is 22.1 Å². The van der Waals surface area contributed by atoms with Crippen molar-refractivity contribution in [3.63, 3.8) is 0 Å². The minimum Gasteiger partial charge on any atom is -0.384 e. The molecule has 2 saturated carbocycles. The van der Waals surface area contributed by atoms with Gasteiger partial charge in [0.2, 0.25) is 11.8 Å². The van der Waals surface area contributed by atoms with Gasteiger partial charge in [0.1, 0.15) is 11.9 Å². The molecule has 0 bridgehead atoms. The molecule has 2 amide bonds. The van der Waals surface area contributed by atoms with E-state index in [9.17, 15) is 9.59 Å². The van der Waals surface area contributed by atoms with Crippen molar-refractivity contribution in [2.24, 2.45) is 29.4 Å². The van der Waals surface area contributed by atoms with Gasteiger partial charge in [0.25, 0.3) is 0 Å². The maximum Gasteiger partial charge on any atom is 0.242 e. The Balaban J connectivity index is 1.68. The molecule has 0 aliphatic heterocycles. The van der Waals surface area contributed by atoms with E-state index in [1.165, 1.54) is 38.5 Å². The number of nitrogens with two attached hydrogens (primary N) is 2. The van der Waals surface area contributed by atoms with E-state index < -0.39 is 12.1 Å². The molecule has 6 N–H and O–H groups in total. The highest BCUT2D eigenvalue weighted by molar-refractivity contribution is 5.89. The summed E-state index contributed by atoms with van der Waals surface area (Å²) < 4.78 is 0. The summed E-state index contributed by atoms with van der Waals surface area (Å²) in [7, 11) is 0. The molecule has 1 heterocycles. The third-order valence-corrected chi connectivity index (χ3v) is 7.23. The SMILES string of the molecule is CC(C)C(N)C(=O)N[C@H](CC1CCCC2CCCC[C@@H]21)C(=O)NCc1ccc(N)nc1. The first kappa shape index (κ1) is 23.5. The number of amides is 2. The van der Waals surface area contributed by atoms with E-state index in [4.69, 9.17) is 11.5 Å². The monoisotopic (exact) mass is 429 g/mol. The number of nitrogens with zero attached hydrogens (tertiary/aromatic N) is 1. The molecule has 2 aliphatic carbocycles. The van der Waals surface area contributed by atoms with Crippen LogP contribution in [-0.2, 0) is 16.1 Å². The Hall–Kier alpha value is -2.15. The second-order valence-electron chi connectivity index (χ2n) is 9.78. The Bertz CT molecular complexity index is 734. The van der Waals surface area contributed by atoms with Gasteiger partial charge in [-0.3, -0.25) is 9.59 Å². The first-order valence-corrected chi connectivity index (χ1v) is 11.9. The highest BCUT2D eigenvalue weighted by atomic mass is 16.2. The van der Waals surface area contributed by atoms with Crippen LogP contribution in [0.2, 0.25) is 0 Å². The molecular weight excluding hydrogens is 390 g/mol. The van der Waals surface area contributed by atoms with E-state index in [0.29, 0.717) is 30.6 Å². The molecule has 0 spiro atoms. The Morgan fingerprint density at radius 3 is 2.55 bits per heavy atom. The summed E-state index contributed by atoms with van der Waals surface area (Å²) in [6.45, 7) is 4.19. The van der Waals surface area contributed by atoms with E-state index >= 15 is 0 Å². The lowest BCUT2D eigenvalue weighted by Crippen LogP contribution is -2.54. The molecule has 7 heteroatoms. The van der Waals surface area contributed by atoms with Crippen LogP contribution in [0.4, 0.5) is 5.82 Å². The van der Waals surface area contributed by atoms with Gasteiger partial charge in [0, 0.05) is 12.7 Å². The molecule has 2 aliphatic rings. The van der Waals surface area contributed by atoms with E-state index in [2.05, 4.69) is 15.6 Å². The van der Waals surface area contributed by atoms with Gasteiger partial charge in [0.15, 0.2) is 0 Å². The van der Waals surface area contributed by atoms with Crippen LogP contribution in [0, 0.1) is 23.7 Å². The third-order valence-electron chi connectivity index (χ3n) is 7.23. The van der Waals surface area contributed by atoms with Gasteiger partial charge in [-0.1, -0.05) is 58.4 Å². The van der Waals surface area contributed by atoms with Gasteiger partial charge < -0.3 is 22.1 Å². The standard InChI is InChI=1S/C24H39N5O2/c1-15(2)22(26)24(31)29-20(23(30)28-14-16-10-11-21(25)27-13-16)12-18-8-5-7-17-6-3-4-9-19(17)18/h10-11,13,15,17-20,22H,3-9,12,14,26H2,1-2H3,(H2,25,27)(H,28,30)(H,29,31)/t17?,18?,19-,20+,22?/m0/s1. The first-order chi connectivity index (χ1) is 14.8. The quantitative estimate of drug-likeness (QED) is 0.506. The summed E-state index contributed by atoms with van der Waals surface area (Å²) in [5.74, 6) is 1.99. The smallest absolute Gasteiger partial charge is 0.242 e. The zero-order valence-corrected chi connectivity index (χ0v) is 19.0. The van der Waals surface area contributed by atoms with E-state index in [-0.39, 0.29) is 17.7 Å². The van der Waals surface area contributed by atoms with Crippen molar-refractivity contribution in [2.45, 2.75) is 83.8 Å². The van der Waals surface area contributed by atoms with Crippen LogP contribution in [0.3, 0.4) is 0 Å². The van der Waals surface area contributed by atoms with Crippen LogP contribution in [-0.4, -0.2) is 28.9 Å². The predicted octanol–water partition coefficient (Wildman–Crippen LogP) is 2.74. The van der Waals surface area contributed by atoms with E-state index in [1.807, 2.05) is 19.9 Å². The summed E-state index contributed by atoms with van der Waals surface area (Å²) in [5.41, 5.74) is 12.6. The number of anilines is 1. The zero-order chi connectivity index (χ0) is 22.4. The lowest BCUT2D eigenvalue weighted by Gasteiger charge is -2.42. The van der Waals surface area contributed by atoms with Gasteiger partial charge in [-0.2, -0.15) is 0 Å². The maximum absolute atomic E-state index is 13.1. The molecule has 1 aromatic rings. The molecule has 0 saturated heterocycles. The van der Waals surface area contributed by atoms with Crippen molar-refractivity contribution < 1.29 is 9.59 Å². The molecule has 3 rings (SSSR count). The molecule has 2 fully saturated rings. The van der Waals surface area contributed by atoms with Crippen molar-refractivity contribution in [3.8, 4) is 0 Å². The van der Waals surface area contributed by atoms with Crippen molar-refractivity contribution in [1.82, 2.24) is 15.6 Å². The van der Waals surface area contributed by atoms with Gasteiger partial charge in [-0.25, -0.2) is 4.98 Å². The predicted molar refractivity (Wildman–Crippen MR) is 123 cm³/mol. The molecular formula is C24H39N5O2. The number of nitrogen functional groups attached to an aromatic ring is 1. The lowest BCUT2D eigenvalue weighted by atomic mass is 9.64. The number of fused-ring (bicyclic) bond motifs is 1. The Kier molecular flexibility index (Phi) is 8.29. The van der Waals surface area contributed by atoms with Crippen LogP contribution >= 0.6 is 0 Å². The fourth-order valence-corrected chi connectivity index (χ4v) is 5.32. The summed E-state index contributed by atoms with van der Waals surface area (Å²) in [5, 5.41) is 5.95. The van der Waals surface area contributed by atoms with Crippen molar-refractivity contribution in [1.29, 1.82) is 0 Å². The normalized spacial score (nSPS) is 25.4. The lowest BCUT2D eigenvalue weighted by molar-refractivity contribution is -0.131. The summed E-state index contributed by atoms with van der Waals surface area (Å²) in [6, 6.07) is 2.38. The van der Waals surface area contributed by atoms with Gasteiger partial charge >= 0.3 is 0 Å². The number of carbonyl (C=O) groups excluding carboxylic acids is 2. The van der Waals surface area contributed by atoms with Crippen LogP contribution in [0.25, 0.3) is 0 Å². The average molecular weight is 430 g/mol. The zero-order valence-electron chi connectivity index (χ0n) is 19.0. The molecule has 0 aromatic carbocycles. The first-order valence-electron chi connectivity index (χ1n) is 11.9. The molecule has 31 heavy (non-hydrogen) atoms. The number of rotatable bonds is 8. The number of aromatic nitrogens is 1. The number of pyridine rings is 1. The van der Waals surface area contributed by atoms with Crippen LogP contribution in [0.15, 0.2) is 18.3 Å². The largest absolute Gasteiger partial charge is 0.384 e. The molecule has 7 nitrogen and oxygen atoms in total. The summed E-state index contributed by atoms with van der Waals surface area (Å²) >= 11 is 0. The van der Waals surface area contributed by atoms with Crippen molar-refractivity contribution >= 4 is 17.6 Å². The van der Waals surface area contributed by atoms with E-state index in [0.717, 1.165) is 17.9 Å². The Morgan fingerprint density at radius 1 is 1.10 bits per heavy atom. The second kappa shape index (κ2) is 10.9.